The topological polar surface area (TPSA) is 64.9 Å². The van der Waals surface area contributed by atoms with Gasteiger partial charge in [0.2, 0.25) is 5.89 Å². The molecule has 2 rings (SSSR count). The van der Waals surface area contributed by atoms with Crippen LogP contribution in [0.25, 0.3) is 0 Å². The minimum atomic E-state index is 0.683. The van der Waals surface area contributed by atoms with Gasteiger partial charge in [0.05, 0.1) is 0 Å². The fourth-order valence-corrected chi connectivity index (χ4v) is 3.00. The van der Waals surface area contributed by atoms with Gasteiger partial charge in [-0.15, -0.1) is 0 Å². The molecule has 1 unspecified atom stereocenters. The van der Waals surface area contributed by atoms with Crippen LogP contribution in [0.5, 0.6) is 0 Å². The molecule has 0 spiro atoms. The molecule has 1 atom stereocenters. The molecule has 0 aromatic carbocycles. The largest absolute Gasteiger partial charge is 0.339 e. The van der Waals surface area contributed by atoms with Crippen molar-refractivity contribution in [1.82, 2.24) is 10.1 Å². The zero-order chi connectivity index (χ0) is 10.5. The zero-order valence-corrected chi connectivity index (χ0v) is 9.63. The Balaban J connectivity index is 1.83. The predicted molar refractivity (Wildman–Crippen MR) is 60.9 cm³/mol. The molecule has 1 aliphatic heterocycles. The summed E-state index contributed by atoms with van der Waals surface area (Å²) in [7, 11) is 0. The molecule has 2 heterocycles. The maximum absolute atomic E-state index is 5.43. The average Bonchev–Trinajstić information content (AvgIpc) is 2.87. The van der Waals surface area contributed by atoms with E-state index in [-0.39, 0.29) is 0 Å². The summed E-state index contributed by atoms with van der Waals surface area (Å²) < 4.78 is 5.21. The van der Waals surface area contributed by atoms with E-state index >= 15 is 0 Å². The summed E-state index contributed by atoms with van der Waals surface area (Å²) in [6.07, 6.45) is 5.30. The Morgan fingerprint density at radius 3 is 3.20 bits per heavy atom. The van der Waals surface area contributed by atoms with Crippen molar-refractivity contribution < 1.29 is 4.52 Å². The van der Waals surface area contributed by atoms with Crippen molar-refractivity contribution in [2.75, 3.05) is 12.3 Å². The van der Waals surface area contributed by atoms with Gasteiger partial charge in [0.15, 0.2) is 5.82 Å². The first-order chi connectivity index (χ1) is 7.38. The molecule has 1 aromatic rings. The van der Waals surface area contributed by atoms with Gasteiger partial charge in [0.1, 0.15) is 0 Å². The molecular formula is C10H17N3OS. The van der Waals surface area contributed by atoms with Crippen LogP contribution in [0, 0.1) is 0 Å². The summed E-state index contributed by atoms with van der Waals surface area (Å²) in [4.78, 5) is 4.36. The molecule has 4 nitrogen and oxygen atoms in total. The van der Waals surface area contributed by atoms with Crippen molar-refractivity contribution in [2.24, 2.45) is 5.73 Å². The van der Waals surface area contributed by atoms with Gasteiger partial charge in [-0.3, -0.25) is 0 Å². The van der Waals surface area contributed by atoms with E-state index in [0.29, 0.717) is 11.8 Å². The van der Waals surface area contributed by atoms with Crippen LogP contribution >= 0.6 is 11.8 Å². The van der Waals surface area contributed by atoms with E-state index in [1.54, 1.807) is 0 Å². The van der Waals surface area contributed by atoms with Gasteiger partial charge in [-0.2, -0.15) is 16.7 Å². The lowest BCUT2D eigenvalue weighted by Crippen LogP contribution is -2.03. The van der Waals surface area contributed by atoms with Crippen molar-refractivity contribution in [3.05, 3.63) is 11.7 Å². The van der Waals surface area contributed by atoms with E-state index in [4.69, 9.17) is 10.3 Å². The predicted octanol–water partition coefficient (Wildman–Crippen LogP) is 1.40. The lowest BCUT2D eigenvalue weighted by atomic mass is 10.2. The summed E-state index contributed by atoms with van der Waals surface area (Å²) in [6.45, 7) is 0.683. The van der Waals surface area contributed by atoms with Crippen LogP contribution in [0.3, 0.4) is 0 Å². The normalized spacial score (nSPS) is 21.0. The lowest BCUT2D eigenvalue weighted by molar-refractivity contribution is 0.371. The highest BCUT2D eigenvalue weighted by Crippen LogP contribution is 2.28. The van der Waals surface area contributed by atoms with Crippen molar-refractivity contribution in [1.29, 1.82) is 0 Å². The van der Waals surface area contributed by atoms with Crippen LogP contribution in [-0.2, 0) is 12.8 Å². The van der Waals surface area contributed by atoms with Gasteiger partial charge >= 0.3 is 0 Å². The fraction of sp³-hybridized carbons (Fsp3) is 0.800. The van der Waals surface area contributed by atoms with E-state index in [1.165, 1.54) is 18.6 Å². The molecule has 1 aliphatic rings. The SMILES string of the molecule is NCCCc1noc(CC2CCCS2)n1. The van der Waals surface area contributed by atoms with Gasteiger partial charge < -0.3 is 10.3 Å². The van der Waals surface area contributed by atoms with Crippen LogP contribution in [-0.4, -0.2) is 27.7 Å². The van der Waals surface area contributed by atoms with E-state index in [2.05, 4.69) is 10.1 Å². The molecule has 1 aromatic heterocycles. The molecule has 1 fully saturated rings. The maximum atomic E-state index is 5.43. The Morgan fingerprint density at radius 1 is 1.53 bits per heavy atom. The molecule has 15 heavy (non-hydrogen) atoms. The Labute approximate surface area is 94.0 Å². The van der Waals surface area contributed by atoms with Gasteiger partial charge in [0, 0.05) is 18.1 Å². The van der Waals surface area contributed by atoms with E-state index in [0.717, 1.165) is 31.0 Å². The first-order valence-corrected chi connectivity index (χ1v) is 6.56. The standard InChI is InChI=1S/C10H17N3OS/c11-5-1-4-9-12-10(14-13-9)7-8-3-2-6-15-8/h8H,1-7,11H2. The second kappa shape index (κ2) is 5.51. The number of aromatic nitrogens is 2. The maximum Gasteiger partial charge on any atom is 0.227 e. The number of hydrogen-bond donors (Lipinski definition) is 1. The van der Waals surface area contributed by atoms with Crippen molar-refractivity contribution in [2.45, 2.75) is 37.4 Å². The van der Waals surface area contributed by atoms with Crippen molar-refractivity contribution >= 4 is 11.8 Å². The Hall–Kier alpha value is -0.550. The Morgan fingerprint density at radius 2 is 2.47 bits per heavy atom. The van der Waals surface area contributed by atoms with Gasteiger partial charge in [-0.05, 0) is 31.6 Å². The average molecular weight is 227 g/mol. The van der Waals surface area contributed by atoms with E-state index in [9.17, 15) is 0 Å². The zero-order valence-electron chi connectivity index (χ0n) is 8.82. The second-order valence-electron chi connectivity index (χ2n) is 3.84. The summed E-state index contributed by atoms with van der Waals surface area (Å²) in [5, 5.41) is 4.63. The minimum absolute atomic E-state index is 0.683. The van der Waals surface area contributed by atoms with Gasteiger partial charge in [-0.1, -0.05) is 5.16 Å². The molecule has 0 aliphatic carbocycles. The first-order valence-electron chi connectivity index (χ1n) is 5.51. The molecular weight excluding hydrogens is 210 g/mol. The molecule has 5 heteroatoms. The van der Waals surface area contributed by atoms with Gasteiger partial charge in [0.25, 0.3) is 0 Å². The molecule has 0 bridgehead atoms. The number of thioether (sulfide) groups is 1. The van der Waals surface area contributed by atoms with Crippen LogP contribution in [0.2, 0.25) is 0 Å². The summed E-state index contributed by atoms with van der Waals surface area (Å²) >= 11 is 2.02. The molecule has 84 valence electrons. The lowest BCUT2D eigenvalue weighted by Gasteiger charge is -2.02. The molecule has 1 saturated heterocycles. The number of rotatable bonds is 5. The monoisotopic (exact) mass is 227 g/mol. The number of nitrogens with two attached hydrogens (primary N) is 1. The molecule has 0 saturated carbocycles. The Kier molecular flexibility index (Phi) is 4.02. The smallest absolute Gasteiger partial charge is 0.227 e. The molecule has 2 N–H and O–H groups in total. The third-order valence-corrected chi connectivity index (χ3v) is 3.94. The third-order valence-electron chi connectivity index (χ3n) is 2.54. The van der Waals surface area contributed by atoms with Crippen LogP contribution < -0.4 is 5.73 Å². The highest BCUT2D eigenvalue weighted by atomic mass is 32.2. The Bertz CT molecular complexity index is 297. The number of hydrogen-bond acceptors (Lipinski definition) is 5. The summed E-state index contributed by atoms with van der Waals surface area (Å²) in [5.41, 5.74) is 5.43. The van der Waals surface area contributed by atoms with Crippen LogP contribution in [0.15, 0.2) is 4.52 Å². The van der Waals surface area contributed by atoms with Crippen molar-refractivity contribution in [3.8, 4) is 0 Å². The minimum Gasteiger partial charge on any atom is -0.339 e. The summed E-state index contributed by atoms with van der Waals surface area (Å²) in [6, 6.07) is 0. The highest BCUT2D eigenvalue weighted by Gasteiger charge is 2.19. The van der Waals surface area contributed by atoms with Crippen LogP contribution in [0.1, 0.15) is 31.0 Å². The van der Waals surface area contributed by atoms with E-state index < -0.39 is 0 Å². The summed E-state index contributed by atoms with van der Waals surface area (Å²) in [5.74, 6) is 2.87. The third kappa shape index (κ3) is 3.21. The first kappa shape index (κ1) is 11.0. The number of aryl methyl sites for hydroxylation is 1. The molecule has 0 radical (unpaired) electrons. The van der Waals surface area contributed by atoms with Gasteiger partial charge in [-0.25, -0.2) is 0 Å². The fourth-order valence-electron chi connectivity index (χ4n) is 1.73. The highest BCUT2D eigenvalue weighted by molar-refractivity contribution is 8.00. The van der Waals surface area contributed by atoms with E-state index in [1.807, 2.05) is 11.8 Å². The quantitative estimate of drug-likeness (QED) is 0.823. The second-order valence-corrected chi connectivity index (χ2v) is 5.24. The molecule has 0 amide bonds. The van der Waals surface area contributed by atoms with Crippen molar-refractivity contribution in [3.63, 3.8) is 0 Å². The number of nitrogens with zero attached hydrogens (tertiary/aromatic N) is 2. The van der Waals surface area contributed by atoms with Crippen LogP contribution in [0.4, 0.5) is 0 Å².